The van der Waals surface area contributed by atoms with Gasteiger partial charge in [-0.15, -0.1) is 0 Å². The van der Waals surface area contributed by atoms with Gasteiger partial charge in [-0.25, -0.2) is 18.1 Å². The second kappa shape index (κ2) is 9.24. The van der Waals surface area contributed by atoms with E-state index in [9.17, 15) is 26.4 Å². The number of hydrogen-bond acceptors (Lipinski definition) is 5. The molecule has 3 aromatic rings. The topological polar surface area (TPSA) is 90.3 Å². The minimum Gasteiger partial charge on any atom is -0.494 e. The van der Waals surface area contributed by atoms with Crippen molar-refractivity contribution in [2.24, 2.45) is 0 Å². The molecule has 0 atom stereocenters. The molecule has 176 valence electrons. The summed E-state index contributed by atoms with van der Waals surface area (Å²) in [6.07, 6.45) is -3.54. The Balaban J connectivity index is 1.93. The number of carbonyl (C=O) groups excluding carboxylic acids is 1. The lowest BCUT2D eigenvalue weighted by molar-refractivity contribution is -0.137. The van der Waals surface area contributed by atoms with E-state index in [4.69, 9.17) is 27.9 Å². The Labute approximate surface area is 197 Å². The maximum absolute atomic E-state index is 13.1. The zero-order chi connectivity index (χ0) is 24.6. The summed E-state index contributed by atoms with van der Waals surface area (Å²) in [5.41, 5.74) is -1.34. The van der Waals surface area contributed by atoms with Crippen LogP contribution in [0.2, 0.25) is 10.0 Å². The Hall–Kier alpha value is -2.76. The fraction of sp³-hybridized carbons (Fsp3) is 0.200. The van der Waals surface area contributed by atoms with Gasteiger partial charge in [-0.1, -0.05) is 23.2 Å². The second-order valence-electron chi connectivity index (χ2n) is 6.70. The van der Waals surface area contributed by atoms with Crippen molar-refractivity contribution in [2.45, 2.75) is 24.9 Å². The van der Waals surface area contributed by atoms with Crippen LogP contribution in [0.1, 0.15) is 28.8 Å². The van der Waals surface area contributed by atoms with E-state index >= 15 is 0 Å². The van der Waals surface area contributed by atoms with Crippen molar-refractivity contribution in [1.29, 1.82) is 0 Å². The SMILES string of the molecule is CCOc1ccc(Cl)c(S(=O)(=O)NC(=O)c2cn(-c3cc(Cl)cc(C(F)(F)F)c3)c(C)n2)c1. The number of alkyl halides is 3. The molecule has 33 heavy (non-hydrogen) atoms. The lowest BCUT2D eigenvalue weighted by Crippen LogP contribution is -2.31. The highest BCUT2D eigenvalue weighted by Gasteiger charge is 2.31. The van der Waals surface area contributed by atoms with E-state index in [0.29, 0.717) is 0 Å². The largest absolute Gasteiger partial charge is 0.494 e. The number of rotatable bonds is 6. The van der Waals surface area contributed by atoms with Gasteiger partial charge >= 0.3 is 6.18 Å². The van der Waals surface area contributed by atoms with Crippen molar-refractivity contribution in [1.82, 2.24) is 14.3 Å². The van der Waals surface area contributed by atoms with Gasteiger partial charge in [-0.2, -0.15) is 13.2 Å². The van der Waals surface area contributed by atoms with Crippen LogP contribution in [0.5, 0.6) is 5.75 Å². The quantitative estimate of drug-likeness (QED) is 0.491. The molecule has 0 aliphatic carbocycles. The van der Waals surface area contributed by atoms with Crippen molar-refractivity contribution >= 4 is 39.1 Å². The Morgan fingerprint density at radius 2 is 1.88 bits per heavy atom. The highest BCUT2D eigenvalue weighted by atomic mass is 35.5. The molecule has 1 heterocycles. The molecule has 0 unspecified atom stereocenters. The molecule has 1 aromatic heterocycles. The first kappa shape index (κ1) is 24.9. The van der Waals surface area contributed by atoms with Gasteiger partial charge in [0.1, 0.15) is 22.2 Å². The van der Waals surface area contributed by atoms with Gasteiger partial charge in [0.15, 0.2) is 0 Å². The third-order valence-electron chi connectivity index (χ3n) is 4.33. The number of ether oxygens (including phenoxy) is 1. The molecular weight excluding hydrogens is 506 g/mol. The van der Waals surface area contributed by atoms with Gasteiger partial charge in [-0.3, -0.25) is 4.79 Å². The molecule has 1 amide bonds. The Morgan fingerprint density at radius 3 is 2.52 bits per heavy atom. The maximum atomic E-state index is 13.1. The van der Waals surface area contributed by atoms with Crippen LogP contribution < -0.4 is 9.46 Å². The van der Waals surface area contributed by atoms with E-state index in [2.05, 4.69) is 4.98 Å². The summed E-state index contributed by atoms with van der Waals surface area (Å²) in [6, 6.07) is 6.79. The third kappa shape index (κ3) is 5.60. The number of imidazole rings is 1. The third-order valence-corrected chi connectivity index (χ3v) is 6.36. The molecule has 13 heteroatoms. The molecule has 0 bridgehead atoms. The monoisotopic (exact) mass is 521 g/mol. The van der Waals surface area contributed by atoms with Gasteiger partial charge in [0.05, 0.1) is 17.2 Å². The number of aryl methyl sites for hydroxylation is 1. The number of halogens is 5. The Morgan fingerprint density at radius 1 is 1.18 bits per heavy atom. The number of nitrogens with zero attached hydrogens (tertiary/aromatic N) is 2. The molecule has 0 saturated carbocycles. The summed E-state index contributed by atoms with van der Waals surface area (Å²) >= 11 is 11.8. The minimum atomic E-state index is -4.64. The van der Waals surface area contributed by atoms with E-state index in [-0.39, 0.29) is 44.5 Å². The zero-order valence-electron chi connectivity index (χ0n) is 17.1. The number of carbonyl (C=O) groups is 1. The van der Waals surface area contributed by atoms with Gasteiger partial charge in [-0.05, 0) is 44.2 Å². The average Bonchev–Trinajstić information content (AvgIpc) is 3.10. The number of nitrogens with one attached hydrogen (secondary N) is 1. The molecule has 0 saturated heterocycles. The first-order valence-corrected chi connectivity index (χ1v) is 11.5. The van der Waals surface area contributed by atoms with Crippen LogP contribution in [0.4, 0.5) is 13.2 Å². The fourth-order valence-corrected chi connectivity index (χ4v) is 4.60. The highest BCUT2D eigenvalue weighted by Crippen LogP contribution is 2.33. The molecule has 7 nitrogen and oxygen atoms in total. The number of aromatic nitrogens is 2. The van der Waals surface area contributed by atoms with Gasteiger partial charge < -0.3 is 9.30 Å². The Bertz CT molecular complexity index is 1320. The standard InChI is InChI=1S/C20H16Cl2F3N3O4S/c1-3-32-15-4-5-16(22)18(9-15)33(30,31)27-19(29)17-10-28(11(2)26-17)14-7-12(20(23,24)25)6-13(21)8-14/h4-10H,3H2,1-2H3,(H,27,29). The first-order chi connectivity index (χ1) is 15.3. The molecule has 1 N–H and O–H groups in total. The molecule has 0 radical (unpaired) electrons. The van der Waals surface area contributed by atoms with Crippen LogP contribution in [0.3, 0.4) is 0 Å². The van der Waals surface area contributed by atoms with Gasteiger partial charge in [0.2, 0.25) is 0 Å². The average molecular weight is 522 g/mol. The van der Waals surface area contributed by atoms with Crippen LogP contribution in [0.25, 0.3) is 5.69 Å². The summed E-state index contributed by atoms with van der Waals surface area (Å²) in [5, 5.41) is -0.315. The van der Waals surface area contributed by atoms with Crippen molar-refractivity contribution in [3.63, 3.8) is 0 Å². The van der Waals surface area contributed by atoms with Crippen molar-refractivity contribution < 1.29 is 31.1 Å². The summed E-state index contributed by atoms with van der Waals surface area (Å²) in [6.45, 7) is 3.42. The normalized spacial score (nSPS) is 12.0. The highest BCUT2D eigenvalue weighted by molar-refractivity contribution is 7.90. The predicted molar refractivity (Wildman–Crippen MR) is 116 cm³/mol. The van der Waals surface area contributed by atoms with Crippen LogP contribution in [0, 0.1) is 6.92 Å². The molecule has 0 aliphatic heterocycles. The van der Waals surface area contributed by atoms with Crippen LogP contribution >= 0.6 is 23.2 Å². The molecule has 0 aliphatic rings. The lowest BCUT2D eigenvalue weighted by Gasteiger charge is -2.11. The second-order valence-corrected chi connectivity index (χ2v) is 9.19. The fourth-order valence-electron chi connectivity index (χ4n) is 2.90. The smallest absolute Gasteiger partial charge is 0.416 e. The van der Waals surface area contributed by atoms with Crippen molar-refractivity contribution in [3.05, 3.63) is 69.7 Å². The molecule has 0 spiro atoms. The lowest BCUT2D eigenvalue weighted by atomic mass is 10.2. The predicted octanol–water partition coefficient (Wildman–Crippen LogP) is 5.02. The number of hydrogen-bond donors (Lipinski definition) is 1. The van der Waals surface area contributed by atoms with Crippen LogP contribution in [-0.2, 0) is 16.2 Å². The van der Waals surface area contributed by atoms with E-state index < -0.39 is 27.7 Å². The molecule has 2 aromatic carbocycles. The van der Waals surface area contributed by atoms with Gasteiger partial charge in [0, 0.05) is 23.0 Å². The number of benzene rings is 2. The summed E-state index contributed by atoms with van der Waals surface area (Å²) in [7, 11) is -4.41. The van der Waals surface area contributed by atoms with Crippen LogP contribution in [-0.4, -0.2) is 30.5 Å². The summed E-state index contributed by atoms with van der Waals surface area (Å²) in [4.78, 5) is 16.2. The van der Waals surface area contributed by atoms with E-state index in [1.54, 1.807) is 6.92 Å². The first-order valence-electron chi connectivity index (χ1n) is 9.25. The van der Waals surface area contributed by atoms with Crippen molar-refractivity contribution in [3.8, 4) is 11.4 Å². The molecule has 0 fully saturated rings. The van der Waals surface area contributed by atoms with Crippen LogP contribution in [0.15, 0.2) is 47.5 Å². The summed E-state index contributed by atoms with van der Waals surface area (Å²) in [5.74, 6) is -0.742. The van der Waals surface area contributed by atoms with E-state index in [1.165, 1.54) is 29.7 Å². The molecule has 3 rings (SSSR count). The maximum Gasteiger partial charge on any atom is 0.416 e. The number of amides is 1. The molecular formula is C20H16Cl2F3N3O4S. The summed E-state index contributed by atoms with van der Waals surface area (Å²) < 4.78 is 73.1. The number of sulfonamides is 1. The van der Waals surface area contributed by atoms with E-state index in [1.807, 2.05) is 4.72 Å². The minimum absolute atomic E-state index is 0.00538. The van der Waals surface area contributed by atoms with Gasteiger partial charge in [0.25, 0.3) is 15.9 Å². The van der Waals surface area contributed by atoms with Crippen molar-refractivity contribution in [2.75, 3.05) is 6.61 Å². The van der Waals surface area contributed by atoms with E-state index in [0.717, 1.165) is 24.4 Å². The zero-order valence-corrected chi connectivity index (χ0v) is 19.4. The Kier molecular flexibility index (Phi) is 6.96.